The number of benzene rings is 1. The molecule has 0 aliphatic rings. The van der Waals surface area contributed by atoms with Gasteiger partial charge in [-0.05, 0) is 26.8 Å². The third-order valence-electron chi connectivity index (χ3n) is 2.69. The van der Waals surface area contributed by atoms with Crippen LogP contribution in [-0.2, 0) is 9.53 Å². The van der Waals surface area contributed by atoms with Crippen LogP contribution in [0.5, 0.6) is 0 Å². The number of anilines is 1. The lowest BCUT2D eigenvalue weighted by Crippen LogP contribution is -2.37. The molecule has 0 aliphatic heterocycles. The van der Waals surface area contributed by atoms with E-state index in [1.807, 2.05) is 29.6 Å². The minimum Gasteiger partial charge on any atom is -0.444 e. The van der Waals surface area contributed by atoms with Crippen LogP contribution in [0.1, 0.15) is 20.8 Å². The summed E-state index contributed by atoms with van der Waals surface area (Å²) in [5.74, 6) is -0.367. The molecular weight excluding hydrogens is 394 g/mol. The number of halogens is 1. The highest BCUT2D eigenvalue weighted by Crippen LogP contribution is 2.30. The van der Waals surface area contributed by atoms with Crippen LogP contribution in [-0.4, -0.2) is 29.1 Å². The van der Waals surface area contributed by atoms with Crippen molar-refractivity contribution in [1.82, 2.24) is 10.3 Å². The van der Waals surface area contributed by atoms with Crippen molar-refractivity contribution in [2.75, 3.05) is 11.9 Å². The lowest BCUT2D eigenvalue weighted by molar-refractivity contribution is -0.115. The Balaban J connectivity index is 1.89. The Kier molecular flexibility index (Phi) is 5.95. The first-order valence-corrected chi connectivity index (χ1v) is 8.89. The lowest BCUT2D eigenvalue weighted by Gasteiger charge is -2.19. The van der Waals surface area contributed by atoms with E-state index < -0.39 is 11.7 Å². The first-order chi connectivity index (χ1) is 11.2. The quantitative estimate of drug-likeness (QED) is 0.795. The average molecular weight is 412 g/mol. The van der Waals surface area contributed by atoms with Gasteiger partial charge in [0.1, 0.15) is 12.1 Å². The molecule has 0 spiro atoms. The third kappa shape index (κ3) is 5.61. The second-order valence-corrected chi connectivity index (χ2v) is 7.63. The van der Waals surface area contributed by atoms with Crippen LogP contribution in [0.4, 0.5) is 9.93 Å². The van der Waals surface area contributed by atoms with Crippen LogP contribution in [0, 0.1) is 0 Å². The zero-order valence-corrected chi connectivity index (χ0v) is 16.0. The fourth-order valence-electron chi connectivity index (χ4n) is 1.75. The van der Waals surface area contributed by atoms with Crippen molar-refractivity contribution in [1.29, 1.82) is 0 Å². The van der Waals surface area contributed by atoms with Gasteiger partial charge < -0.3 is 15.4 Å². The summed E-state index contributed by atoms with van der Waals surface area (Å²) in [4.78, 5) is 27.8. The largest absolute Gasteiger partial charge is 0.444 e. The molecule has 6 nitrogen and oxygen atoms in total. The third-order valence-corrected chi connectivity index (χ3v) is 4.14. The van der Waals surface area contributed by atoms with Crippen molar-refractivity contribution in [3.05, 3.63) is 34.1 Å². The van der Waals surface area contributed by atoms with Crippen LogP contribution in [0.2, 0.25) is 0 Å². The van der Waals surface area contributed by atoms with Crippen LogP contribution < -0.4 is 10.6 Å². The van der Waals surface area contributed by atoms with Gasteiger partial charge in [-0.1, -0.05) is 34.1 Å². The highest BCUT2D eigenvalue weighted by Gasteiger charge is 2.17. The number of ether oxygens (including phenoxy) is 1. The predicted octanol–water partition coefficient (Wildman–Crippen LogP) is 4.04. The summed E-state index contributed by atoms with van der Waals surface area (Å²) in [5.41, 5.74) is 1.11. The Hall–Kier alpha value is -1.93. The monoisotopic (exact) mass is 411 g/mol. The molecule has 0 atom stereocenters. The summed E-state index contributed by atoms with van der Waals surface area (Å²) in [5, 5.41) is 7.38. The highest BCUT2D eigenvalue weighted by atomic mass is 79.9. The van der Waals surface area contributed by atoms with Crippen LogP contribution in [0.25, 0.3) is 11.3 Å². The molecule has 2 rings (SSSR count). The van der Waals surface area contributed by atoms with Crippen LogP contribution in [0.15, 0.2) is 34.1 Å². The SMILES string of the molecule is CC(C)(C)OC(=O)NCC(=O)Nc1nc(-c2ccccc2Br)cs1. The maximum atomic E-state index is 11.9. The fraction of sp³-hybridized carbons (Fsp3) is 0.312. The van der Waals surface area contributed by atoms with E-state index in [-0.39, 0.29) is 12.5 Å². The first kappa shape index (κ1) is 18.4. The van der Waals surface area contributed by atoms with Gasteiger partial charge in [0.25, 0.3) is 0 Å². The van der Waals surface area contributed by atoms with E-state index in [1.165, 1.54) is 11.3 Å². The average Bonchev–Trinajstić information content (AvgIpc) is 2.92. The van der Waals surface area contributed by atoms with Gasteiger partial charge in [-0.15, -0.1) is 11.3 Å². The number of hydrogen-bond donors (Lipinski definition) is 2. The number of nitrogens with one attached hydrogen (secondary N) is 2. The molecule has 0 bridgehead atoms. The number of carbonyl (C=O) groups is 2. The van der Waals surface area contributed by atoms with E-state index in [1.54, 1.807) is 20.8 Å². The molecule has 0 fully saturated rings. The van der Waals surface area contributed by atoms with Crippen molar-refractivity contribution in [3.63, 3.8) is 0 Å². The lowest BCUT2D eigenvalue weighted by atomic mass is 10.2. The van der Waals surface area contributed by atoms with E-state index in [4.69, 9.17) is 4.74 Å². The Morgan fingerprint density at radius 1 is 1.29 bits per heavy atom. The normalized spacial score (nSPS) is 11.0. The predicted molar refractivity (Wildman–Crippen MR) is 98.1 cm³/mol. The molecule has 0 saturated carbocycles. The Morgan fingerprint density at radius 3 is 2.67 bits per heavy atom. The number of amides is 2. The fourth-order valence-corrected chi connectivity index (χ4v) is 2.97. The van der Waals surface area contributed by atoms with Gasteiger partial charge >= 0.3 is 6.09 Å². The summed E-state index contributed by atoms with van der Waals surface area (Å²) >= 11 is 4.79. The molecular formula is C16H18BrN3O3S. The molecule has 0 radical (unpaired) electrons. The van der Waals surface area contributed by atoms with Crippen molar-refractivity contribution < 1.29 is 14.3 Å². The van der Waals surface area contributed by atoms with E-state index in [9.17, 15) is 9.59 Å². The summed E-state index contributed by atoms with van der Waals surface area (Å²) in [6, 6.07) is 7.71. The molecule has 2 N–H and O–H groups in total. The van der Waals surface area contributed by atoms with Crippen molar-refractivity contribution >= 4 is 44.4 Å². The van der Waals surface area contributed by atoms with Gasteiger partial charge in [-0.3, -0.25) is 4.79 Å². The van der Waals surface area contributed by atoms with Gasteiger partial charge in [-0.25, -0.2) is 9.78 Å². The second-order valence-electron chi connectivity index (χ2n) is 5.92. The molecule has 2 amide bonds. The van der Waals surface area contributed by atoms with Gasteiger partial charge in [0, 0.05) is 15.4 Å². The molecule has 1 aromatic carbocycles. The van der Waals surface area contributed by atoms with E-state index in [2.05, 4.69) is 31.5 Å². The Labute approximate surface area is 152 Å². The molecule has 128 valence electrons. The number of alkyl carbamates (subject to hydrolysis) is 1. The summed E-state index contributed by atoms with van der Waals surface area (Å²) in [6.07, 6.45) is -0.634. The van der Waals surface area contributed by atoms with Crippen molar-refractivity contribution in [2.24, 2.45) is 0 Å². The Morgan fingerprint density at radius 2 is 2.00 bits per heavy atom. The smallest absolute Gasteiger partial charge is 0.408 e. The zero-order chi connectivity index (χ0) is 17.7. The summed E-state index contributed by atoms with van der Waals surface area (Å²) in [6.45, 7) is 5.08. The minimum absolute atomic E-state index is 0.182. The van der Waals surface area contributed by atoms with E-state index in [0.717, 1.165) is 15.7 Å². The number of rotatable bonds is 4. The number of nitrogens with zero attached hydrogens (tertiary/aromatic N) is 1. The maximum absolute atomic E-state index is 11.9. The molecule has 2 aromatic rings. The first-order valence-electron chi connectivity index (χ1n) is 7.22. The molecule has 0 unspecified atom stereocenters. The Bertz CT molecular complexity index is 740. The molecule has 0 saturated heterocycles. The highest BCUT2D eigenvalue weighted by molar-refractivity contribution is 9.10. The summed E-state index contributed by atoms with van der Waals surface area (Å²) in [7, 11) is 0. The molecule has 0 aliphatic carbocycles. The second kappa shape index (κ2) is 7.76. The van der Waals surface area contributed by atoms with Crippen LogP contribution in [0.3, 0.4) is 0 Å². The maximum Gasteiger partial charge on any atom is 0.408 e. The standard InChI is InChI=1S/C16H18BrN3O3S/c1-16(2,3)23-15(22)18-8-13(21)20-14-19-12(9-24-14)10-6-4-5-7-11(10)17/h4-7,9H,8H2,1-3H3,(H,18,22)(H,19,20,21). The van der Waals surface area contributed by atoms with Crippen LogP contribution >= 0.6 is 27.3 Å². The number of carbonyl (C=O) groups excluding carboxylic acids is 2. The van der Waals surface area contributed by atoms with Gasteiger partial charge in [0.2, 0.25) is 5.91 Å². The van der Waals surface area contributed by atoms with Gasteiger partial charge in [-0.2, -0.15) is 0 Å². The van der Waals surface area contributed by atoms with E-state index in [0.29, 0.717) is 5.13 Å². The number of aromatic nitrogens is 1. The topological polar surface area (TPSA) is 80.3 Å². The number of hydrogen-bond acceptors (Lipinski definition) is 5. The van der Waals surface area contributed by atoms with Crippen molar-refractivity contribution in [2.45, 2.75) is 26.4 Å². The zero-order valence-electron chi connectivity index (χ0n) is 13.6. The minimum atomic E-state index is -0.634. The molecule has 1 heterocycles. The van der Waals surface area contributed by atoms with Crippen molar-refractivity contribution in [3.8, 4) is 11.3 Å². The molecule has 1 aromatic heterocycles. The summed E-state index contributed by atoms with van der Waals surface area (Å²) < 4.78 is 6.00. The molecule has 8 heteroatoms. The number of thiazole rings is 1. The van der Waals surface area contributed by atoms with Gasteiger partial charge in [0.15, 0.2) is 5.13 Å². The molecule has 24 heavy (non-hydrogen) atoms. The van der Waals surface area contributed by atoms with E-state index >= 15 is 0 Å². The van der Waals surface area contributed by atoms with Gasteiger partial charge in [0.05, 0.1) is 5.69 Å².